The van der Waals surface area contributed by atoms with Gasteiger partial charge in [0.25, 0.3) is 0 Å². The number of hydrogen-bond donors (Lipinski definition) is 2. The fourth-order valence-corrected chi connectivity index (χ4v) is 4.47. The van der Waals surface area contributed by atoms with Gasteiger partial charge in [0, 0.05) is 44.4 Å². The molecule has 1 atom stereocenters. The fraction of sp³-hybridized carbons (Fsp3) is 0.421. The van der Waals surface area contributed by atoms with Crippen LogP contribution in [0.3, 0.4) is 0 Å². The van der Waals surface area contributed by atoms with E-state index in [0.717, 1.165) is 61.3 Å². The molecule has 0 aliphatic carbocycles. The Kier molecular flexibility index (Phi) is 5.45. The lowest BCUT2D eigenvalue weighted by atomic mass is 10.1. The highest BCUT2D eigenvalue weighted by Crippen LogP contribution is 2.39. The Morgan fingerprint density at radius 3 is 3.19 bits per heavy atom. The largest absolute Gasteiger partial charge is 0.385 e. The second-order valence-corrected chi connectivity index (χ2v) is 7.97. The molecule has 0 bridgehead atoms. The van der Waals surface area contributed by atoms with Crippen molar-refractivity contribution in [1.29, 1.82) is 0 Å². The Balaban J connectivity index is 1.63. The van der Waals surface area contributed by atoms with E-state index in [4.69, 9.17) is 21.3 Å². The predicted molar refractivity (Wildman–Crippen MR) is 110 cm³/mol. The van der Waals surface area contributed by atoms with E-state index in [1.54, 1.807) is 18.4 Å². The molecule has 2 aliphatic heterocycles. The lowest BCUT2D eigenvalue weighted by Gasteiger charge is -2.35. The van der Waals surface area contributed by atoms with E-state index in [2.05, 4.69) is 27.0 Å². The summed E-state index contributed by atoms with van der Waals surface area (Å²) in [4.78, 5) is 7.42. The Morgan fingerprint density at radius 1 is 1.38 bits per heavy atom. The number of nitrogens with zero attached hydrogens (tertiary/aromatic N) is 2. The fourth-order valence-electron chi connectivity index (χ4n) is 3.51. The van der Waals surface area contributed by atoms with Gasteiger partial charge in [-0.3, -0.25) is 0 Å². The minimum absolute atomic E-state index is 0.457. The molecule has 7 heteroatoms. The van der Waals surface area contributed by atoms with Gasteiger partial charge in [-0.25, -0.2) is 4.99 Å². The molecule has 2 aliphatic rings. The number of thiophene rings is 1. The van der Waals surface area contributed by atoms with Crippen LogP contribution in [0, 0.1) is 0 Å². The highest BCUT2D eigenvalue weighted by molar-refractivity contribution is 7.14. The molecule has 1 aromatic carbocycles. The third-order valence-electron chi connectivity index (χ3n) is 4.80. The Morgan fingerprint density at radius 2 is 2.31 bits per heavy atom. The number of ether oxygens (including phenoxy) is 1. The molecule has 2 aromatic rings. The molecule has 4 rings (SSSR count). The van der Waals surface area contributed by atoms with E-state index in [9.17, 15) is 0 Å². The van der Waals surface area contributed by atoms with Crippen LogP contribution < -0.4 is 10.6 Å². The highest BCUT2D eigenvalue weighted by atomic mass is 35.5. The van der Waals surface area contributed by atoms with Crippen LogP contribution in [-0.2, 0) is 4.74 Å². The van der Waals surface area contributed by atoms with Crippen molar-refractivity contribution in [1.82, 2.24) is 10.2 Å². The average Bonchev–Trinajstić information content (AvgIpc) is 3.04. The third-order valence-corrected chi connectivity index (χ3v) is 5.86. The number of rotatable bonds is 4. The molecule has 2 N–H and O–H groups in total. The summed E-state index contributed by atoms with van der Waals surface area (Å²) in [6, 6.07) is 8.44. The smallest absolute Gasteiger partial charge is 0.139 e. The molecular weight excluding hydrogens is 368 g/mol. The van der Waals surface area contributed by atoms with E-state index < -0.39 is 0 Å². The monoisotopic (exact) mass is 390 g/mol. The summed E-state index contributed by atoms with van der Waals surface area (Å²) in [5.41, 5.74) is 3.06. The van der Waals surface area contributed by atoms with Gasteiger partial charge in [-0.1, -0.05) is 11.6 Å². The number of fused-ring (bicyclic) bond motifs is 2. The van der Waals surface area contributed by atoms with Crippen LogP contribution in [0.25, 0.3) is 0 Å². The van der Waals surface area contributed by atoms with E-state index >= 15 is 0 Å². The van der Waals surface area contributed by atoms with Crippen molar-refractivity contribution in [2.45, 2.75) is 18.9 Å². The van der Waals surface area contributed by atoms with Crippen LogP contribution in [-0.4, -0.2) is 50.1 Å². The van der Waals surface area contributed by atoms with Gasteiger partial charge in [0.2, 0.25) is 0 Å². The molecule has 0 amide bonds. The maximum absolute atomic E-state index is 6.21. The zero-order chi connectivity index (χ0) is 17.9. The van der Waals surface area contributed by atoms with Crippen molar-refractivity contribution in [2.24, 2.45) is 4.99 Å². The van der Waals surface area contributed by atoms with Crippen molar-refractivity contribution in [2.75, 3.05) is 38.7 Å². The van der Waals surface area contributed by atoms with Gasteiger partial charge in [0.1, 0.15) is 10.8 Å². The van der Waals surface area contributed by atoms with E-state index in [1.807, 2.05) is 18.2 Å². The van der Waals surface area contributed by atoms with E-state index in [-0.39, 0.29) is 0 Å². The summed E-state index contributed by atoms with van der Waals surface area (Å²) in [5, 5.41) is 11.1. The normalized spacial score (nSPS) is 19.2. The molecule has 0 saturated carbocycles. The zero-order valence-corrected chi connectivity index (χ0v) is 16.4. The summed E-state index contributed by atoms with van der Waals surface area (Å²) in [5.74, 6) is 1.04. The van der Waals surface area contributed by atoms with Crippen LogP contribution >= 0.6 is 22.9 Å². The Labute approximate surface area is 163 Å². The van der Waals surface area contributed by atoms with Gasteiger partial charge in [-0.2, -0.15) is 0 Å². The molecule has 0 radical (unpaired) electrons. The molecule has 0 unspecified atom stereocenters. The summed E-state index contributed by atoms with van der Waals surface area (Å²) < 4.78 is 5.19. The van der Waals surface area contributed by atoms with Gasteiger partial charge in [-0.05, 0) is 42.5 Å². The van der Waals surface area contributed by atoms with Gasteiger partial charge in [-0.15, -0.1) is 11.3 Å². The lowest BCUT2D eigenvalue weighted by Crippen LogP contribution is -2.52. The summed E-state index contributed by atoms with van der Waals surface area (Å²) in [6.45, 7) is 3.67. The van der Waals surface area contributed by atoms with E-state index in [1.165, 1.54) is 5.56 Å². The first-order chi connectivity index (χ1) is 12.7. The summed E-state index contributed by atoms with van der Waals surface area (Å²) >= 11 is 7.92. The topological polar surface area (TPSA) is 48.9 Å². The number of anilines is 2. The number of piperazine rings is 1. The minimum Gasteiger partial charge on any atom is -0.385 e. The van der Waals surface area contributed by atoms with Gasteiger partial charge in [0.15, 0.2) is 0 Å². The molecular formula is C19H23ClN4OS. The molecule has 26 heavy (non-hydrogen) atoms. The van der Waals surface area contributed by atoms with Gasteiger partial charge < -0.3 is 20.3 Å². The minimum atomic E-state index is 0.457. The Bertz CT molecular complexity index is 807. The van der Waals surface area contributed by atoms with Crippen LogP contribution in [0.15, 0.2) is 34.6 Å². The maximum Gasteiger partial charge on any atom is 0.139 e. The Hall–Kier alpha value is -1.60. The number of benzene rings is 1. The standard InChI is InChI=1S/C19H23ClN4OS/c1-25-9-2-3-14-12-24(8-7-21-14)18-15-6-10-26-19(15)23-16-5-4-13(20)11-17(16)22-18/h4-6,10-11,14,21,23H,2-3,7-9,12H2,1H3/t14-/m0/s1. The molecule has 3 heterocycles. The zero-order valence-electron chi connectivity index (χ0n) is 14.8. The lowest BCUT2D eigenvalue weighted by molar-refractivity contribution is 0.182. The van der Waals surface area contributed by atoms with Crippen molar-refractivity contribution in [3.05, 3.63) is 40.2 Å². The molecule has 1 aromatic heterocycles. The van der Waals surface area contributed by atoms with Crippen LogP contribution in [0.4, 0.5) is 16.4 Å². The predicted octanol–water partition coefficient (Wildman–Crippen LogP) is 4.24. The van der Waals surface area contributed by atoms with E-state index in [0.29, 0.717) is 11.1 Å². The summed E-state index contributed by atoms with van der Waals surface area (Å²) in [6.07, 6.45) is 2.17. The molecule has 0 spiro atoms. The molecule has 5 nitrogen and oxygen atoms in total. The highest BCUT2D eigenvalue weighted by Gasteiger charge is 2.26. The van der Waals surface area contributed by atoms with Crippen molar-refractivity contribution in [3.8, 4) is 0 Å². The number of nitrogens with one attached hydrogen (secondary N) is 2. The van der Waals surface area contributed by atoms with Crippen LogP contribution in [0.2, 0.25) is 5.02 Å². The number of hydrogen-bond acceptors (Lipinski definition) is 6. The summed E-state index contributed by atoms with van der Waals surface area (Å²) in [7, 11) is 1.76. The first-order valence-electron chi connectivity index (χ1n) is 8.95. The van der Waals surface area contributed by atoms with Crippen molar-refractivity contribution in [3.63, 3.8) is 0 Å². The second-order valence-electron chi connectivity index (χ2n) is 6.62. The maximum atomic E-state index is 6.21. The quantitative estimate of drug-likeness (QED) is 0.767. The van der Waals surface area contributed by atoms with Crippen molar-refractivity contribution >= 4 is 45.1 Å². The number of halogens is 1. The van der Waals surface area contributed by atoms with Gasteiger partial charge in [0.05, 0.1) is 16.9 Å². The van der Waals surface area contributed by atoms with Crippen LogP contribution in [0.5, 0.6) is 0 Å². The second kappa shape index (κ2) is 7.96. The number of methoxy groups -OCH3 is 1. The van der Waals surface area contributed by atoms with Crippen LogP contribution in [0.1, 0.15) is 18.4 Å². The van der Waals surface area contributed by atoms with Gasteiger partial charge >= 0.3 is 0 Å². The molecule has 138 valence electrons. The first kappa shape index (κ1) is 17.8. The average molecular weight is 391 g/mol. The third kappa shape index (κ3) is 3.74. The SMILES string of the molecule is COCCC[C@H]1CN(C2=Nc3cc(Cl)ccc3Nc3sccc32)CCN1. The number of amidine groups is 1. The number of aliphatic imine (C=N–C) groups is 1. The van der Waals surface area contributed by atoms with Crippen molar-refractivity contribution < 1.29 is 4.74 Å². The first-order valence-corrected chi connectivity index (χ1v) is 10.2. The molecule has 1 saturated heterocycles. The molecule has 1 fully saturated rings.